The number of benzene rings is 1. The topological polar surface area (TPSA) is 155 Å². The van der Waals surface area contributed by atoms with Crippen molar-refractivity contribution in [3.8, 4) is 5.75 Å². The van der Waals surface area contributed by atoms with Crippen molar-refractivity contribution in [2.24, 2.45) is 0 Å². The lowest BCUT2D eigenvalue weighted by Gasteiger charge is -2.38. The highest BCUT2D eigenvalue weighted by Gasteiger charge is 2.48. The zero-order valence-corrected chi connectivity index (χ0v) is 13.2. The van der Waals surface area contributed by atoms with Crippen LogP contribution in [0.1, 0.15) is 5.56 Å². The Balaban J connectivity index is 2.00. The zero-order valence-electron chi connectivity index (χ0n) is 13.2. The van der Waals surface area contributed by atoms with Crippen LogP contribution in [-0.2, 0) is 20.9 Å². The van der Waals surface area contributed by atoms with Crippen LogP contribution in [0.2, 0.25) is 0 Å². The first-order valence-electron chi connectivity index (χ1n) is 7.36. The third-order valence-electron chi connectivity index (χ3n) is 3.56. The fourth-order valence-electron chi connectivity index (χ4n) is 2.17. The summed E-state index contributed by atoms with van der Waals surface area (Å²) < 4.78 is 15.2. The van der Waals surface area contributed by atoms with Crippen LogP contribution < -0.4 is 10.1 Å². The number of ether oxygens (including phenoxy) is 3. The van der Waals surface area contributed by atoms with Crippen molar-refractivity contribution < 1.29 is 44.2 Å². The standard InChI is InChI=1S/C15H19NO9/c1-16-15(22)23-6-7-2-4-8(5-3-7)24-14-11(19)9(17)10(18)12(25-14)13(20)21/h2-5,9-12,14,17-19H,6H2,1H3,(H,16,22)(H,20,21)/t9-,10-,11+,12-,14+/m0/s1. The predicted molar refractivity (Wildman–Crippen MR) is 80.6 cm³/mol. The van der Waals surface area contributed by atoms with Crippen LogP contribution in [0.5, 0.6) is 5.75 Å². The van der Waals surface area contributed by atoms with E-state index >= 15 is 0 Å². The molecule has 5 N–H and O–H groups in total. The number of alkyl carbamates (subject to hydrolysis) is 1. The SMILES string of the molecule is CNC(=O)OCc1ccc(O[C@@H]2O[C@H](C(=O)O)[C@@H](O)[C@H](O)[C@H]2O)cc1. The highest BCUT2D eigenvalue weighted by molar-refractivity contribution is 5.73. The molecular weight excluding hydrogens is 338 g/mol. The van der Waals surface area contributed by atoms with Crippen molar-refractivity contribution >= 4 is 12.1 Å². The Morgan fingerprint density at radius 2 is 1.76 bits per heavy atom. The van der Waals surface area contributed by atoms with Gasteiger partial charge in [-0.05, 0) is 17.7 Å². The van der Waals surface area contributed by atoms with Gasteiger partial charge < -0.3 is 40.0 Å². The summed E-state index contributed by atoms with van der Waals surface area (Å²) in [6, 6.07) is 6.17. The molecule has 25 heavy (non-hydrogen) atoms. The molecule has 2 rings (SSSR count). The Labute approximate surface area is 142 Å². The van der Waals surface area contributed by atoms with Crippen LogP contribution in [-0.4, -0.2) is 70.2 Å². The average Bonchev–Trinajstić information content (AvgIpc) is 2.60. The van der Waals surface area contributed by atoms with Gasteiger partial charge in [0.2, 0.25) is 6.29 Å². The van der Waals surface area contributed by atoms with Crippen molar-refractivity contribution in [3.63, 3.8) is 0 Å². The van der Waals surface area contributed by atoms with Gasteiger partial charge in [0, 0.05) is 7.05 Å². The van der Waals surface area contributed by atoms with E-state index in [1.807, 2.05) is 0 Å². The first-order chi connectivity index (χ1) is 11.8. The molecule has 1 saturated heterocycles. The molecule has 1 fully saturated rings. The summed E-state index contributed by atoms with van der Waals surface area (Å²) in [5, 5.41) is 40.5. The summed E-state index contributed by atoms with van der Waals surface area (Å²) in [6.45, 7) is 0.0362. The van der Waals surface area contributed by atoms with Crippen LogP contribution in [0.3, 0.4) is 0 Å². The van der Waals surface area contributed by atoms with E-state index in [9.17, 15) is 24.9 Å². The summed E-state index contributed by atoms with van der Waals surface area (Å²) in [4.78, 5) is 22.0. The molecule has 0 saturated carbocycles. The van der Waals surface area contributed by atoms with Crippen molar-refractivity contribution in [2.75, 3.05) is 7.05 Å². The predicted octanol–water partition coefficient (Wildman–Crippen LogP) is -1.19. The van der Waals surface area contributed by atoms with Crippen molar-refractivity contribution in [3.05, 3.63) is 29.8 Å². The van der Waals surface area contributed by atoms with Crippen molar-refractivity contribution in [1.82, 2.24) is 5.32 Å². The highest BCUT2D eigenvalue weighted by Crippen LogP contribution is 2.24. The van der Waals surface area contributed by atoms with Crippen molar-refractivity contribution in [1.29, 1.82) is 0 Å². The number of carbonyl (C=O) groups excluding carboxylic acids is 1. The fourth-order valence-corrected chi connectivity index (χ4v) is 2.17. The largest absolute Gasteiger partial charge is 0.479 e. The van der Waals surface area contributed by atoms with Crippen LogP contribution in [0.25, 0.3) is 0 Å². The normalized spacial score (nSPS) is 28.9. The summed E-state index contributed by atoms with van der Waals surface area (Å²) in [5.41, 5.74) is 0.667. The van der Waals surface area contributed by atoms with Crippen LogP contribution in [0.4, 0.5) is 4.79 Å². The molecule has 0 aliphatic carbocycles. The highest BCUT2D eigenvalue weighted by atomic mass is 16.7. The number of carbonyl (C=O) groups is 2. The van der Waals surface area contributed by atoms with Gasteiger partial charge in [0.1, 0.15) is 30.7 Å². The molecule has 10 nitrogen and oxygen atoms in total. The molecule has 5 atom stereocenters. The second-order valence-corrected chi connectivity index (χ2v) is 5.32. The van der Waals surface area contributed by atoms with E-state index in [1.165, 1.54) is 19.2 Å². The molecular formula is C15H19NO9. The second-order valence-electron chi connectivity index (χ2n) is 5.32. The van der Waals surface area contributed by atoms with E-state index in [0.29, 0.717) is 5.56 Å². The third kappa shape index (κ3) is 4.57. The summed E-state index contributed by atoms with van der Waals surface area (Å²) in [6.07, 6.45) is -8.94. The number of hydrogen-bond donors (Lipinski definition) is 5. The van der Waals surface area contributed by atoms with E-state index in [-0.39, 0.29) is 12.4 Å². The second kappa shape index (κ2) is 8.12. The summed E-state index contributed by atoms with van der Waals surface area (Å²) in [5.74, 6) is -1.27. The lowest BCUT2D eigenvalue weighted by atomic mass is 9.99. The van der Waals surface area contributed by atoms with Gasteiger partial charge in [0.05, 0.1) is 0 Å². The zero-order chi connectivity index (χ0) is 18.6. The number of amides is 1. The van der Waals surface area contributed by atoms with E-state index in [4.69, 9.17) is 19.3 Å². The van der Waals surface area contributed by atoms with Crippen molar-refractivity contribution in [2.45, 2.75) is 37.3 Å². The molecule has 1 heterocycles. The van der Waals surface area contributed by atoms with E-state index in [0.717, 1.165) is 0 Å². The molecule has 1 aliphatic rings. The third-order valence-corrected chi connectivity index (χ3v) is 3.56. The maximum Gasteiger partial charge on any atom is 0.407 e. The Bertz CT molecular complexity index is 606. The smallest absolute Gasteiger partial charge is 0.407 e. The number of aliphatic hydroxyl groups is 3. The summed E-state index contributed by atoms with van der Waals surface area (Å²) >= 11 is 0. The molecule has 0 unspecified atom stereocenters. The Kier molecular flexibility index (Phi) is 6.15. The minimum Gasteiger partial charge on any atom is -0.479 e. The van der Waals surface area contributed by atoms with Gasteiger partial charge >= 0.3 is 12.1 Å². The number of aliphatic hydroxyl groups excluding tert-OH is 3. The number of hydrogen-bond acceptors (Lipinski definition) is 8. The van der Waals surface area contributed by atoms with Gasteiger partial charge in [0.25, 0.3) is 0 Å². The Hall–Kier alpha value is -2.40. The van der Waals surface area contributed by atoms with Gasteiger partial charge in [-0.15, -0.1) is 0 Å². The first-order valence-corrected chi connectivity index (χ1v) is 7.36. The number of rotatable bonds is 5. The van der Waals surface area contributed by atoms with Gasteiger partial charge in [-0.1, -0.05) is 12.1 Å². The molecule has 1 aliphatic heterocycles. The van der Waals surface area contributed by atoms with Gasteiger partial charge in [-0.3, -0.25) is 0 Å². The Morgan fingerprint density at radius 1 is 1.12 bits per heavy atom. The molecule has 0 radical (unpaired) electrons. The molecule has 0 aromatic heterocycles. The van der Waals surface area contributed by atoms with Crippen LogP contribution >= 0.6 is 0 Å². The monoisotopic (exact) mass is 357 g/mol. The fraction of sp³-hybridized carbons (Fsp3) is 0.467. The van der Waals surface area contributed by atoms with Gasteiger partial charge in [0.15, 0.2) is 6.10 Å². The minimum absolute atomic E-state index is 0.0362. The molecule has 0 bridgehead atoms. The molecule has 0 spiro atoms. The quantitative estimate of drug-likeness (QED) is 0.437. The molecule has 138 valence electrons. The maximum atomic E-state index is 11.0. The average molecular weight is 357 g/mol. The summed E-state index contributed by atoms with van der Waals surface area (Å²) in [7, 11) is 1.44. The lowest BCUT2D eigenvalue weighted by Crippen LogP contribution is -2.61. The molecule has 1 aromatic rings. The van der Waals surface area contributed by atoms with Crippen LogP contribution in [0, 0.1) is 0 Å². The van der Waals surface area contributed by atoms with E-state index < -0.39 is 42.8 Å². The van der Waals surface area contributed by atoms with E-state index in [1.54, 1.807) is 12.1 Å². The molecule has 1 aromatic carbocycles. The number of aliphatic carboxylic acids is 1. The minimum atomic E-state index is -1.78. The Morgan fingerprint density at radius 3 is 2.32 bits per heavy atom. The number of carboxylic acids is 1. The number of nitrogens with one attached hydrogen (secondary N) is 1. The first kappa shape index (κ1) is 18.9. The van der Waals surface area contributed by atoms with Gasteiger partial charge in [-0.25, -0.2) is 9.59 Å². The maximum absolute atomic E-state index is 11.0. The molecule has 10 heteroatoms. The number of carboxylic acid groups (broad SMARTS) is 1. The van der Waals surface area contributed by atoms with Gasteiger partial charge in [-0.2, -0.15) is 0 Å². The lowest BCUT2D eigenvalue weighted by molar-refractivity contribution is -0.271. The molecule has 1 amide bonds. The van der Waals surface area contributed by atoms with Crippen LogP contribution in [0.15, 0.2) is 24.3 Å². The van der Waals surface area contributed by atoms with E-state index in [2.05, 4.69) is 5.32 Å².